The van der Waals surface area contributed by atoms with Crippen LogP contribution in [0.5, 0.6) is 0 Å². The van der Waals surface area contributed by atoms with Gasteiger partial charge in [-0.1, -0.05) is 0 Å². The van der Waals surface area contributed by atoms with E-state index in [-0.39, 0.29) is 18.1 Å². The van der Waals surface area contributed by atoms with Crippen molar-refractivity contribution < 1.29 is 14.3 Å². The fraction of sp³-hybridized carbons (Fsp3) is 0.875. The van der Waals surface area contributed by atoms with Crippen molar-refractivity contribution in [2.45, 2.75) is 18.6 Å². The molecule has 0 saturated carbocycles. The summed E-state index contributed by atoms with van der Waals surface area (Å²) < 4.78 is 10.3. The largest absolute Gasteiger partial charge is 0.376 e. The standard InChI is InChI=1S/C8H16N2O3/c1-10-7(8(9)11)2-3-13-6-4-12-5-6/h6-7,10H,2-5H2,1H3,(H2,9,11). The van der Waals surface area contributed by atoms with Crippen molar-refractivity contribution in [3.8, 4) is 0 Å². The Morgan fingerprint density at radius 2 is 2.46 bits per heavy atom. The number of nitrogens with one attached hydrogen (secondary N) is 1. The molecule has 0 aromatic heterocycles. The minimum Gasteiger partial charge on any atom is -0.376 e. The minimum absolute atomic E-state index is 0.213. The predicted molar refractivity (Wildman–Crippen MR) is 47.2 cm³/mol. The molecule has 1 aliphatic rings. The molecule has 1 heterocycles. The second kappa shape index (κ2) is 5.16. The maximum atomic E-state index is 10.8. The molecule has 0 aromatic carbocycles. The van der Waals surface area contributed by atoms with E-state index >= 15 is 0 Å². The number of rotatable bonds is 6. The van der Waals surface area contributed by atoms with Crippen molar-refractivity contribution in [1.82, 2.24) is 5.32 Å². The summed E-state index contributed by atoms with van der Waals surface area (Å²) in [6, 6.07) is -0.291. The first-order valence-electron chi connectivity index (χ1n) is 4.40. The Bertz CT molecular complexity index is 171. The average Bonchev–Trinajstić information content (AvgIpc) is 2.00. The molecule has 1 atom stereocenters. The number of ether oxygens (including phenoxy) is 2. The molecule has 76 valence electrons. The summed E-state index contributed by atoms with van der Waals surface area (Å²) in [4.78, 5) is 10.8. The van der Waals surface area contributed by atoms with Gasteiger partial charge in [0.15, 0.2) is 0 Å². The molecule has 5 heteroatoms. The Hall–Kier alpha value is -0.650. The molecule has 0 aliphatic carbocycles. The Kier molecular flexibility index (Phi) is 4.14. The average molecular weight is 188 g/mol. The smallest absolute Gasteiger partial charge is 0.234 e. The molecule has 3 N–H and O–H groups in total. The van der Waals surface area contributed by atoms with Crippen molar-refractivity contribution >= 4 is 5.91 Å². The fourth-order valence-electron chi connectivity index (χ4n) is 1.09. The van der Waals surface area contributed by atoms with Gasteiger partial charge in [-0.15, -0.1) is 0 Å². The Morgan fingerprint density at radius 1 is 1.77 bits per heavy atom. The molecule has 1 aliphatic heterocycles. The number of likely N-dealkylation sites (N-methyl/N-ethyl adjacent to an activating group) is 1. The van der Waals surface area contributed by atoms with E-state index in [1.807, 2.05) is 0 Å². The van der Waals surface area contributed by atoms with Gasteiger partial charge in [0.2, 0.25) is 5.91 Å². The fourth-order valence-corrected chi connectivity index (χ4v) is 1.09. The molecule has 1 rings (SSSR count). The first-order valence-corrected chi connectivity index (χ1v) is 4.40. The van der Waals surface area contributed by atoms with E-state index in [1.54, 1.807) is 7.05 Å². The lowest BCUT2D eigenvalue weighted by molar-refractivity contribution is -0.133. The van der Waals surface area contributed by atoms with Gasteiger partial charge in [-0.3, -0.25) is 4.79 Å². The lowest BCUT2D eigenvalue weighted by Crippen LogP contribution is -2.41. The highest BCUT2D eigenvalue weighted by Crippen LogP contribution is 2.06. The van der Waals surface area contributed by atoms with Crippen LogP contribution < -0.4 is 11.1 Å². The number of carbonyl (C=O) groups excluding carboxylic acids is 1. The van der Waals surface area contributed by atoms with E-state index in [0.717, 1.165) is 0 Å². The number of primary amides is 1. The normalized spacial score (nSPS) is 19.5. The van der Waals surface area contributed by atoms with Gasteiger partial charge >= 0.3 is 0 Å². The Balaban J connectivity index is 2.05. The van der Waals surface area contributed by atoms with E-state index < -0.39 is 0 Å². The van der Waals surface area contributed by atoms with Crippen LogP contribution in [0.4, 0.5) is 0 Å². The molecular formula is C8H16N2O3. The predicted octanol–water partition coefficient (Wildman–Crippen LogP) is -1.13. The molecule has 1 saturated heterocycles. The SMILES string of the molecule is CNC(CCOC1COC1)C(N)=O. The summed E-state index contributed by atoms with van der Waals surface area (Å²) in [6.45, 7) is 1.88. The van der Waals surface area contributed by atoms with E-state index in [4.69, 9.17) is 15.2 Å². The van der Waals surface area contributed by atoms with E-state index in [2.05, 4.69) is 5.32 Å². The zero-order chi connectivity index (χ0) is 9.68. The van der Waals surface area contributed by atoms with Crippen LogP contribution in [0.3, 0.4) is 0 Å². The molecule has 0 radical (unpaired) electrons. The molecule has 5 nitrogen and oxygen atoms in total. The van der Waals surface area contributed by atoms with Gasteiger partial charge in [0.05, 0.1) is 19.3 Å². The quantitative estimate of drug-likeness (QED) is 0.553. The van der Waals surface area contributed by atoms with Crippen molar-refractivity contribution in [1.29, 1.82) is 0 Å². The van der Waals surface area contributed by atoms with E-state index in [0.29, 0.717) is 26.2 Å². The van der Waals surface area contributed by atoms with Crippen LogP contribution in [0.1, 0.15) is 6.42 Å². The monoisotopic (exact) mass is 188 g/mol. The first kappa shape index (κ1) is 10.4. The first-order chi connectivity index (χ1) is 6.24. The minimum atomic E-state index is -0.337. The van der Waals surface area contributed by atoms with Gasteiger partial charge in [0, 0.05) is 6.61 Å². The second-order valence-electron chi connectivity index (χ2n) is 3.06. The van der Waals surface area contributed by atoms with Crippen molar-refractivity contribution in [2.24, 2.45) is 5.73 Å². The molecule has 1 unspecified atom stereocenters. The summed E-state index contributed by atoms with van der Waals surface area (Å²) in [5, 5.41) is 2.83. The number of carbonyl (C=O) groups is 1. The summed E-state index contributed by atoms with van der Waals surface area (Å²) in [5.74, 6) is -0.337. The Labute approximate surface area is 77.6 Å². The highest BCUT2D eigenvalue weighted by molar-refractivity contribution is 5.79. The van der Waals surface area contributed by atoms with Crippen LogP contribution in [-0.2, 0) is 14.3 Å². The number of amides is 1. The zero-order valence-electron chi connectivity index (χ0n) is 7.79. The van der Waals surface area contributed by atoms with Gasteiger partial charge in [0.25, 0.3) is 0 Å². The van der Waals surface area contributed by atoms with Gasteiger partial charge < -0.3 is 20.5 Å². The molecule has 1 fully saturated rings. The summed E-state index contributed by atoms with van der Waals surface area (Å²) in [6.07, 6.45) is 0.827. The van der Waals surface area contributed by atoms with Crippen LogP contribution in [0.15, 0.2) is 0 Å². The van der Waals surface area contributed by atoms with Gasteiger partial charge in [-0.25, -0.2) is 0 Å². The maximum Gasteiger partial charge on any atom is 0.234 e. The molecule has 0 spiro atoms. The van der Waals surface area contributed by atoms with E-state index in [9.17, 15) is 4.79 Å². The molecule has 0 aromatic rings. The van der Waals surface area contributed by atoms with Gasteiger partial charge in [0.1, 0.15) is 6.10 Å². The number of hydrogen-bond donors (Lipinski definition) is 2. The number of hydrogen-bond acceptors (Lipinski definition) is 4. The van der Waals surface area contributed by atoms with Crippen LogP contribution >= 0.6 is 0 Å². The lowest BCUT2D eigenvalue weighted by atomic mass is 10.2. The van der Waals surface area contributed by atoms with Gasteiger partial charge in [-0.2, -0.15) is 0 Å². The molecule has 1 amide bonds. The third-order valence-corrected chi connectivity index (χ3v) is 2.06. The van der Waals surface area contributed by atoms with Crippen molar-refractivity contribution in [3.63, 3.8) is 0 Å². The summed E-state index contributed by atoms with van der Waals surface area (Å²) in [7, 11) is 1.71. The van der Waals surface area contributed by atoms with Crippen LogP contribution in [0.25, 0.3) is 0 Å². The zero-order valence-corrected chi connectivity index (χ0v) is 7.79. The molecule has 13 heavy (non-hydrogen) atoms. The third kappa shape index (κ3) is 3.30. The second-order valence-corrected chi connectivity index (χ2v) is 3.06. The van der Waals surface area contributed by atoms with Crippen molar-refractivity contribution in [2.75, 3.05) is 26.9 Å². The lowest BCUT2D eigenvalue weighted by Gasteiger charge is -2.26. The highest BCUT2D eigenvalue weighted by Gasteiger charge is 2.19. The third-order valence-electron chi connectivity index (χ3n) is 2.06. The molecule has 0 bridgehead atoms. The van der Waals surface area contributed by atoms with Crippen LogP contribution in [0.2, 0.25) is 0 Å². The Morgan fingerprint density at radius 3 is 2.85 bits per heavy atom. The summed E-state index contributed by atoms with van der Waals surface area (Å²) >= 11 is 0. The van der Waals surface area contributed by atoms with Gasteiger partial charge in [-0.05, 0) is 13.5 Å². The van der Waals surface area contributed by atoms with Crippen molar-refractivity contribution in [3.05, 3.63) is 0 Å². The maximum absolute atomic E-state index is 10.8. The van der Waals surface area contributed by atoms with Crippen LogP contribution in [-0.4, -0.2) is 44.9 Å². The van der Waals surface area contributed by atoms with Crippen LogP contribution in [0, 0.1) is 0 Å². The van der Waals surface area contributed by atoms with E-state index in [1.165, 1.54) is 0 Å². The summed E-state index contributed by atoms with van der Waals surface area (Å²) in [5.41, 5.74) is 5.13. The topological polar surface area (TPSA) is 73.6 Å². The molecular weight excluding hydrogens is 172 g/mol. The highest BCUT2D eigenvalue weighted by atomic mass is 16.6. The number of nitrogens with two attached hydrogens (primary N) is 1.